The van der Waals surface area contributed by atoms with Crippen LogP contribution in [0.5, 0.6) is 0 Å². The van der Waals surface area contributed by atoms with E-state index < -0.39 is 0 Å². The van der Waals surface area contributed by atoms with Gasteiger partial charge in [-0.05, 0) is 6.42 Å². The molecular weight excluding hydrogens is 216 g/mol. The van der Waals surface area contributed by atoms with E-state index in [1.54, 1.807) is 0 Å². The monoisotopic (exact) mass is 230 g/mol. The standard InChI is InChI=1S/C9H15N2.BrH/c1-3-5-10-7-8-11(9-10)6-4-2;/h3,7-9H,1,4-6H2,2H3;1H/q+1;/p-1. The third-order valence-corrected chi connectivity index (χ3v) is 1.57. The molecule has 68 valence electrons. The summed E-state index contributed by atoms with van der Waals surface area (Å²) in [6, 6.07) is 0. The lowest BCUT2D eigenvalue weighted by atomic mass is 10.5. The molecule has 0 aliphatic carbocycles. The Labute approximate surface area is 84.3 Å². The lowest BCUT2D eigenvalue weighted by Crippen LogP contribution is -3.00. The van der Waals surface area contributed by atoms with E-state index in [-0.39, 0.29) is 17.0 Å². The number of allylic oxidation sites excluding steroid dienone is 1. The van der Waals surface area contributed by atoms with E-state index in [1.807, 2.05) is 6.08 Å². The van der Waals surface area contributed by atoms with E-state index in [0.29, 0.717) is 0 Å². The maximum absolute atomic E-state index is 3.68. The lowest BCUT2D eigenvalue weighted by Gasteiger charge is -1.88. The molecule has 2 nitrogen and oxygen atoms in total. The van der Waals surface area contributed by atoms with Crippen molar-refractivity contribution in [1.82, 2.24) is 4.57 Å². The molecule has 0 spiro atoms. The van der Waals surface area contributed by atoms with Crippen LogP contribution in [0, 0.1) is 0 Å². The first kappa shape index (κ1) is 11.4. The number of nitrogens with zero attached hydrogens (tertiary/aromatic N) is 2. The number of imidazole rings is 1. The zero-order valence-corrected chi connectivity index (χ0v) is 9.00. The molecule has 0 saturated carbocycles. The van der Waals surface area contributed by atoms with Crippen LogP contribution in [0.3, 0.4) is 0 Å². The van der Waals surface area contributed by atoms with Crippen molar-refractivity contribution >= 4 is 0 Å². The fourth-order valence-electron chi connectivity index (χ4n) is 1.09. The highest BCUT2D eigenvalue weighted by Crippen LogP contribution is 1.85. The Bertz CT molecular complexity index is 230. The van der Waals surface area contributed by atoms with Crippen LogP contribution in [0.15, 0.2) is 31.4 Å². The van der Waals surface area contributed by atoms with Gasteiger partial charge >= 0.3 is 0 Å². The molecular formula is C9H15BrN2. The summed E-state index contributed by atoms with van der Waals surface area (Å²) >= 11 is 0. The summed E-state index contributed by atoms with van der Waals surface area (Å²) in [6.45, 7) is 7.86. The Hall–Kier alpha value is -0.570. The topological polar surface area (TPSA) is 8.81 Å². The second-order valence-corrected chi connectivity index (χ2v) is 2.64. The molecule has 0 N–H and O–H groups in total. The molecule has 0 aliphatic heterocycles. The zero-order valence-electron chi connectivity index (χ0n) is 7.41. The van der Waals surface area contributed by atoms with Crippen LogP contribution in [0.4, 0.5) is 0 Å². The Morgan fingerprint density at radius 3 is 2.92 bits per heavy atom. The van der Waals surface area contributed by atoms with Gasteiger partial charge in [-0.1, -0.05) is 19.6 Å². The summed E-state index contributed by atoms with van der Waals surface area (Å²) in [4.78, 5) is 0. The average Bonchev–Trinajstić information content (AvgIpc) is 2.38. The van der Waals surface area contributed by atoms with Crippen molar-refractivity contribution in [2.45, 2.75) is 26.4 Å². The van der Waals surface area contributed by atoms with Crippen molar-refractivity contribution in [3.8, 4) is 0 Å². The first-order chi connectivity index (χ1) is 5.36. The summed E-state index contributed by atoms with van der Waals surface area (Å²) in [5, 5.41) is 0. The van der Waals surface area contributed by atoms with Gasteiger partial charge in [-0.2, -0.15) is 0 Å². The molecule has 0 amide bonds. The number of halogens is 1. The van der Waals surface area contributed by atoms with Gasteiger partial charge in [-0.3, -0.25) is 0 Å². The van der Waals surface area contributed by atoms with Crippen LogP contribution < -0.4 is 21.5 Å². The quantitative estimate of drug-likeness (QED) is 0.435. The van der Waals surface area contributed by atoms with Gasteiger partial charge < -0.3 is 17.0 Å². The maximum atomic E-state index is 3.68. The molecule has 0 saturated heterocycles. The van der Waals surface area contributed by atoms with Gasteiger partial charge in [0.2, 0.25) is 6.33 Å². The molecule has 0 aromatic carbocycles. The molecule has 1 rings (SSSR count). The molecule has 1 heterocycles. The van der Waals surface area contributed by atoms with Crippen LogP contribution in [-0.4, -0.2) is 4.57 Å². The highest BCUT2D eigenvalue weighted by molar-refractivity contribution is 4.73. The Morgan fingerprint density at radius 2 is 2.33 bits per heavy atom. The average molecular weight is 231 g/mol. The first-order valence-electron chi connectivity index (χ1n) is 4.02. The molecule has 1 aromatic heterocycles. The molecule has 0 bridgehead atoms. The van der Waals surface area contributed by atoms with Crippen molar-refractivity contribution in [3.63, 3.8) is 0 Å². The number of aromatic nitrogens is 2. The van der Waals surface area contributed by atoms with E-state index in [1.165, 1.54) is 6.42 Å². The van der Waals surface area contributed by atoms with Gasteiger partial charge in [0, 0.05) is 0 Å². The van der Waals surface area contributed by atoms with E-state index in [9.17, 15) is 0 Å². The normalized spacial score (nSPS) is 9.08. The predicted molar refractivity (Wildman–Crippen MR) is 45.1 cm³/mol. The highest BCUT2D eigenvalue weighted by atomic mass is 79.9. The molecule has 0 unspecified atom stereocenters. The minimum Gasteiger partial charge on any atom is -1.00 e. The van der Waals surface area contributed by atoms with E-state index >= 15 is 0 Å². The molecule has 0 radical (unpaired) electrons. The molecule has 0 atom stereocenters. The van der Waals surface area contributed by atoms with E-state index in [2.05, 4.69) is 41.4 Å². The number of aryl methyl sites for hydroxylation is 1. The third kappa shape index (κ3) is 3.22. The Balaban J connectivity index is 0.00000121. The third-order valence-electron chi connectivity index (χ3n) is 1.57. The summed E-state index contributed by atoms with van der Waals surface area (Å²) < 4.78 is 4.30. The van der Waals surface area contributed by atoms with Gasteiger partial charge in [-0.25, -0.2) is 9.13 Å². The number of hydrogen-bond acceptors (Lipinski definition) is 0. The van der Waals surface area contributed by atoms with Gasteiger partial charge in [0.05, 0.1) is 6.54 Å². The van der Waals surface area contributed by atoms with Crippen molar-refractivity contribution in [3.05, 3.63) is 31.4 Å². The predicted octanol–water partition coefficient (Wildman–Crippen LogP) is -1.62. The zero-order chi connectivity index (χ0) is 8.10. The minimum absolute atomic E-state index is 0. The van der Waals surface area contributed by atoms with Crippen LogP contribution >= 0.6 is 0 Å². The second-order valence-electron chi connectivity index (χ2n) is 2.64. The fourth-order valence-corrected chi connectivity index (χ4v) is 1.09. The van der Waals surface area contributed by atoms with Crippen molar-refractivity contribution < 1.29 is 21.5 Å². The molecule has 0 fully saturated rings. The summed E-state index contributed by atoms with van der Waals surface area (Å²) in [5.74, 6) is 0. The number of rotatable bonds is 4. The Morgan fingerprint density at radius 1 is 1.58 bits per heavy atom. The van der Waals surface area contributed by atoms with Gasteiger partial charge in [0.25, 0.3) is 0 Å². The number of hydrogen-bond donors (Lipinski definition) is 0. The van der Waals surface area contributed by atoms with Crippen molar-refractivity contribution in [2.75, 3.05) is 0 Å². The molecule has 1 aromatic rings. The second kappa shape index (κ2) is 6.00. The SMILES string of the molecule is C=CCn1cc[n+](CCC)c1.[Br-]. The summed E-state index contributed by atoms with van der Waals surface area (Å²) in [6.07, 6.45) is 9.34. The molecule has 12 heavy (non-hydrogen) atoms. The van der Waals surface area contributed by atoms with Gasteiger partial charge in [-0.15, -0.1) is 0 Å². The smallest absolute Gasteiger partial charge is 0.244 e. The molecule has 0 aliphatic rings. The van der Waals surface area contributed by atoms with Crippen molar-refractivity contribution in [2.24, 2.45) is 0 Å². The van der Waals surface area contributed by atoms with Crippen LogP contribution in [0.1, 0.15) is 13.3 Å². The van der Waals surface area contributed by atoms with Crippen LogP contribution in [0.2, 0.25) is 0 Å². The molecule has 3 heteroatoms. The summed E-state index contributed by atoms with van der Waals surface area (Å²) in [5.41, 5.74) is 0. The van der Waals surface area contributed by atoms with Gasteiger partial charge in [0.1, 0.15) is 18.9 Å². The largest absolute Gasteiger partial charge is 1.00 e. The van der Waals surface area contributed by atoms with Gasteiger partial charge in [0.15, 0.2) is 0 Å². The van der Waals surface area contributed by atoms with E-state index in [0.717, 1.165) is 13.1 Å². The first-order valence-corrected chi connectivity index (χ1v) is 4.02. The Kier molecular flexibility index (Phi) is 5.72. The lowest BCUT2D eigenvalue weighted by molar-refractivity contribution is -0.696. The highest BCUT2D eigenvalue weighted by Gasteiger charge is 1.98. The van der Waals surface area contributed by atoms with Crippen LogP contribution in [-0.2, 0) is 13.1 Å². The van der Waals surface area contributed by atoms with Crippen molar-refractivity contribution in [1.29, 1.82) is 0 Å². The minimum atomic E-state index is 0. The van der Waals surface area contributed by atoms with Crippen LogP contribution in [0.25, 0.3) is 0 Å². The maximum Gasteiger partial charge on any atom is 0.244 e. The van der Waals surface area contributed by atoms with E-state index in [4.69, 9.17) is 0 Å². The fraction of sp³-hybridized carbons (Fsp3) is 0.444. The summed E-state index contributed by atoms with van der Waals surface area (Å²) in [7, 11) is 0.